The second-order valence-electron chi connectivity index (χ2n) is 1.51. The van der Waals surface area contributed by atoms with Crippen LogP contribution in [0.25, 0.3) is 0 Å². The minimum Gasteiger partial charge on any atom is -0.429 e. The topological polar surface area (TPSA) is 43.1 Å². The van der Waals surface area contributed by atoms with Crippen LogP contribution in [0.15, 0.2) is 4.42 Å². The Morgan fingerprint density at radius 1 is 1.78 bits per heavy atom. The van der Waals surface area contributed by atoms with Crippen molar-refractivity contribution in [1.82, 2.24) is 4.98 Å². The molecule has 0 amide bonds. The summed E-state index contributed by atoms with van der Waals surface area (Å²) < 4.78 is 4.73. The van der Waals surface area contributed by atoms with Crippen molar-refractivity contribution in [3.8, 4) is 0 Å². The van der Waals surface area contributed by atoms with Crippen molar-refractivity contribution in [2.24, 2.45) is 0 Å². The summed E-state index contributed by atoms with van der Waals surface area (Å²) in [5, 5.41) is 0.0579. The van der Waals surface area contributed by atoms with Crippen LogP contribution in [0.5, 0.6) is 0 Å². The molecule has 1 aromatic heterocycles. The number of aldehydes is 1. The number of hydrogen-bond acceptors (Lipinski definition) is 3. The SMILES string of the molecule is Cc1nc(C=O)c(Cl)o1. The van der Waals surface area contributed by atoms with Crippen LogP contribution >= 0.6 is 11.6 Å². The highest BCUT2D eigenvalue weighted by Gasteiger charge is 2.04. The average Bonchev–Trinajstić information content (AvgIpc) is 2.10. The van der Waals surface area contributed by atoms with Gasteiger partial charge in [-0.3, -0.25) is 4.79 Å². The second kappa shape index (κ2) is 2.19. The van der Waals surface area contributed by atoms with Crippen molar-refractivity contribution in [3.05, 3.63) is 16.8 Å². The molecule has 0 aromatic carbocycles. The van der Waals surface area contributed by atoms with E-state index >= 15 is 0 Å². The maximum absolute atomic E-state index is 10.0. The molecule has 48 valence electrons. The number of oxazole rings is 1. The van der Waals surface area contributed by atoms with Crippen LogP contribution in [0.3, 0.4) is 0 Å². The number of aromatic nitrogens is 1. The first-order valence-electron chi connectivity index (χ1n) is 2.32. The van der Waals surface area contributed by atoms with E-state index in [1.165, 1.54) is 0 Å². The standard InChI is InChI=1S/C5H4ClNO2/c1-3-7-4(2-8)5(6)9-3/h2H,1H3. The zero-order chi connectivity index (χ0) is 6.85. The van der Waals surface area contributed by atoms with Gasteiger partial charge in [0, 0.05) is 6.92 Å². The molecule has 1 rings (SSSR count). The van der Waals surface area contributed by atoms with Gasteiger partial charge in [0.05, 0.1) is 0 Å². The highest BCUT2D eigenvalue weighted by atomic mass is 35.5. The zero-order valence-electron chi connectivity index (χ0n) is 4.72. The smallest absolute Gasteiger partial charge is 0.224 e. The fourth-order valence-corrected chi connectivity index (χ4v) is 0.689. The summed E-state index contributed by atoms with van der Waals surface area (Å²) in [5.41, 5.74) is 0.161. The molecule has 0 unspecified atom stereocenters. The third-order valence-corrected chi connectivity index (χ3v) is 1.10. The molecule has 0 saturated heterocycles. The van der Waals surface area contributed by atoms with E-state index < -0.39 is 0 Å². The molecule has 3 nitrogen and oxygen atoms in total. The maximum Gasteiger partial charge on any atom is 0.224 e. The van der Waals surface area contributed by atoms with E-state index in [0.717, 1.165) is 0 Å². The van der Waals surface area contributed by atoms with Gasteiger partial charge in [0.15, 0.2) is 17.9 Å². The minimum absolute atomic E-state index is 0.0579. The van der Waals surface area contributed by atoms with E-state index in [4.69, 9.17) is 16.0 Å². The Morgan fingerprint density at radius 3 is 2.67 bits per heavy atom. The molecule has 4 heteroatoms. The van der Waals surface area contributed by atoms with Crippen molar-refractivity contribution >= 4 is 17.9 Å². The largest absolute Gasteiger partial charge is 0.429 e. The number of halogens is 1. The molecular weight excluding hydrogens is 142 g/mol. The zero-order valence-corrected chi connectivity index (χ0v) is 5.47. The summed E-state index contributed by atoms with van der Waals surface area (Å²) in [4.78, 5) is 13.7. The normalized spacial score (nSPS) is 9.56. The third kappa shape index (κ3) is 1.10. The first-order valence-corrected chi connectivity index (χ1v) is 2.70. The van der Waals surface area contributed by atoms with Gasteiger partial charge in [-0.15, -0.1) is 0 Å². The molecule has 0 aliphatic carbocycles. The van der Waals surface area contributed by atoms with Crippen LogP contribution in [-0.4, -0.2) is 11.3 Å². The van der Waals surface area contributed by atoms with Gasteiger partial charge in [0.1, 0.15) is 0 Å². The lowest BCUT2D eigenvalue weighted by molar-refractivity contribution is 0.111. The fourth-order valence-electron chi connectivity index (χ4n) is 0.491. The van der Waals surface area contributed by atoms with Crippen LogP contribution in [-0.2, 0) is 0 Å². The molecule has 0 bridgehead atoms. The van der Waals surface area contributed by atoms with Crippen molar-refractivity contribution in [3.63, 3.8) is 0 Å². The molecule has 0 radical (unpaired) electrons. The van der Waals surface area contributed by atoms with Gasteiger partial charge in [-0.05, 0) is 11.6 Å². The Hall–Kier alpha value is -0.830. The second-order valence-corrected chi connectivity index (χ2v) is 1.85. The molecule has 0 aliphatic heterocycles. The lowest BCUT2D eigenvalue weighted by Crippen LogP contribution is -1.78. The molecular formula is C5H4ClNO2. The number of rotatable bonds is 1. The van der Waals surface area contributed by atoms with Crippen molar-refractivity contribution < 1.29 is 9.21 Å². The van der Waals surface area contributed by atoms with E-state index in [1.807, 2.05) is 0 Å². The molecule has 1 aromatic rings. The van der Waals surface area contributed by atoms with E-state index in [1.54, 1.807) is 6.92 Å². The molecule has 0 aliphatic rings. The molecule has 0 saturated carbocycles. The number of carbonyl (C=O) groups is 1. The predicted octanol–water partition coefficient (Wildman–Crippen LogP) is 1.45. The molecule has 0 spiro atoms. The summed E-state index contributed by atoms with van der Waals surface area (Å²) in [6.45, 7) is 1.62. The van der Waals surface area contributed by atoms with Gasteiger partial charge in [-0.25, -0.2) is 4.98 Å². The number of aryl methyl sites for hydroxylation is 1. The quantitative estimate of drug-likeness (QED) is 0.562. The van der Waals surface area contributed by atoms with Gasteiger partial charge in [0.25, 0.3) is 0 Å². The average molecular weight is 146 g/mol. The molecule has 1 heterocycles. The Bertz CT molecular complexity index is 231. The van der Waals surface area contributed by atoms with Crippen LogP contribution in [0.4, 0.5) is 0 Å². The summed E-state index contributed by atoms with van der Waals surface area (Å²) in [6, 6.07) is 0. The highest BCUT2D eigenvalue weighted by Crippen LogP contribution is 2.13. The van der Waals surface area contributed by atoms with E-state index in [-0.39, 0.29) is 10.9 Å². The summed E-state index contributed by atoms with van der Waals surface area (Å²) in [7, 11) is 0. The lowest BCUT2D eigenvalue weighted by atomic mass is 10.5. The Balaban J connectivity index is 3.15. The monoisotopic (exact) mass is 145 g/mol. The fraction of sp³-hybridized carbons (Fsp3) is 0.200. The highest BCUT2D eigenvalue weighted by molar-refractivity contribution is 6.30. The number of carbonyl (C=O) groups excluding carboxylic acids is 1. The number of hydrogen-bond donors (Lipinski definition) is 0. The van der Waals surface area contributed by atoms with E-state index in [9.17, 15) is 4.79 Å². The van der Waals surface area contributed by atoms with Gasteiger partial charge in [-0.2, -0.15) is 0 Å². The Kier molecular flexibility index (Phi) is 1.53. The van der Waals surface area contributed by atoms with Crippen LogP contribution < -0.4 is 0 Å². The Labute approximate surface area is 56.6 Å². The van der Waals surface area contributed by atoms with Crippen molar-refractivity contribution in [2.75, 3.05) is 0 Å². The summed E-state index contributed by atoms with van der Waals surface area (Å²) >= 11 is 5.38. The van der Waals surface area contributed by atoms with Gasteiger partial charge >= 0.3 is 0 Å². The van der Waals surface area contributed by atoms with Gasteiger partial charge in [-0.1, -0.05) is 0 Å². The molecule has 0 atom stereocenters. The summed E-state index contributed by atoms with van der Waals surface area (Å²) in [5.74, 6) is 0.405. The lowest BCUT2D eigenvalue weighted by Gasteiger charge is -1.73. The molecule has 0 N–H and O–H groups in total. The predicted molar refractivity (Wildman–Crippen MR) is 31.6 cm³/mol. The van der Waals surface area contributed by atoms with Gasteiger partial charge < -0.3 is 4.42 Å². The minimum atomic E-state index is 0.0579. The Morgan fingerprint density at radius 2 is 2.44 bits per heavy atom. The van der Waals surface area contributed by atoms with E-state index in [2.05, 4.69) is 4.98 Å². The summed E-state index contributed by atoms with van der Waals surface area (Å²) in [6.07, 6.45) is 0.554. The molecule has 0 fully saturated rings. The third-order valence-electron chi connectivity index (χ3n) is 0.828. The van der Waals surface area contributed by atoms with Crippen LogP contribution in [0.2, 0.25) is 5.22 Å². The van der Waals surface area contributed by atoms with Crippen LogP contribution in [0.1, 0.15) is 16.4 Å². The molecule has 9 heavy (non-hydrogen) atoms. The van der Waals surface area contributed by atoms with Crippen molar-refractivity contribution in [1.29, 1.82) is 0 Å². The van der Waals surface area contributed by atoms with E-state index in [0.29, 0.717) is 12.2 Å². The van der Waals surface area contributed by atoms with Crippen molar-refractivity contribution in [2.45, 2.75) is 6.92 Å². The van der Waals surface area contributed by atoms with Gasteiger partial charge in [0.2, 0.25) is 5.22 Å². The first-order chi connectivity index (χ1) is 4.24. The van der Waals surface area contributed by atoms with Crippen LogP contribution in [0, 0.1) is 6.92 Å². The maximum atomic E-state index is 10.0. The first kappa shape index (κ1) is 6.29. The number of nitrogens with zero attached hydrogens (tertiary/aromatic N) is 1.